The van der Waals surface area contributed by atoms with E-state index in [1.54, 1.807) is 24.3 Å². The van der Waals surface area contributed by atoms with Crippen LogP contribution in [-0.4, -0.2) is 38.6 Å². The third kappa shape index (κ3) is 5.22. The van der Waals surface area contributed by atoms with Crippen molar-refractivity contribution in [2.75, 3.05) is 19.4 Å². The molecular formula is C24H25N3O4S. The molecule has 0 unspecified atom stereocenters. The molecule has 3 rings (SSSR count). The highest BCUT2D eigenvalue weighted by Gasteiger charge is 2.19. The first kappa shape index (κ1) is 23.2. The van der Waals surface area contributed by atoms with Crippen LogP contribution in [0.25, 0.3) is 0 Å². The van der Waals surface area contributed by atoms with E-state index in [2.05, 4.69) is 10.6 Å². The van der Waals surface area contributed by atoms with E-state index in [0.29, 0.717) is 11.3 Å². The summed E-state index contributed by atoms with van der Waals surface area (Å²) in [5.74, 6) is -0.764. The van der Waals surface area contributed by atoms with Crippen molar-refractivity contribution in [3.05, 3.63) is 95.6 Å². The maximum atomic E-state index is 12.9. The predicted octanol–water partition coefficient (Wildman–Crippen LogP) is 3.68. The van der Waals surface area contributed by atoms with Gasteiger partial charge >= 0.3 is 0 Å². The number of sulfonamides is 1. The molecule has 2 N–H and O–H groups in total. The largest absolute Gasteiger partial charge is 0.345 e. The van der Waals surface area contributed by atoms with Crippen LogP contribution in [0.5, 0.6) is 0 Å². The number of hydrogen-bond acceptors (Lipinski definition) is 4. The van der Waals surface area contributed by atoms with Gasteiger partial charge in [-0.2, -0.15) is 0 Å². The van der Waals surface area contributed by atoms with E-state index in [9.17, 15) is 18.0 Å². The number of carbonyl (C=O) groups is 2. The molecule has 0 heterocycles. The van der Waals surface area contributed by atoms with E-state index >= 15 is 0 Å². The van der Waals surface area contributed by atoms with E-state index < -0.39 is 15.9 Å². The number of hydrogen-bond donors (Lipinski definition) is 2. The van der Waals surface area contributed by atoms with E-state index in [1.165, 1.54) is 38.4 Å². The molecular weight excluding hydrogens is 426 g/mol. The molecule has 1 atom stereocenters. The Hall–Kier alpha value is -3.49. The monoisotopic (exact) mass is 451 g/mol. The molecule has 3 aromatic rings. The summed E-state index contributed by atoms with van der Waals surface area (Å²) in [5.41, 5.74) is 1.93. The smallest absolute Gasteiger partial charge is 0.255 e. The second-order valence-electron chi connectivity index (χ2n) is 7.42. The first-order valence-corrected chi connectivity index (χ1v) is 11.4. The predicted molar refractivity (Wildman–Crippen MR) is 124 cm³/mol. The molecule has 0 spiro atoms. The lowest BCUT2D eigenvalue weighted by atomic mass is 10.1. The van der Waals surface area contributed by atoms with Crippen LogP contribution in [0.1, 0.15) is 39.2 Å². The van der Waals surface area contributed by atoms with Gasteiger partial charge in [-0.3, -0.25) is 9.59 Å². The van der Waals surface area contributed by atoms with Crippen molar-refractivity contribution in [1.82, 2.24) is 9.62 Å². The van der Waals surface area contributed by atoms with E-state index in [4.69, 9.17) is 0 Å². The summed E-state index contributed by atoms with van der Waals surface area (Å²) < 4.78 is 25.5. The molecule has 0 aromatic heterocycles. The van der Waals surface area contributed by atoms with Gasteiger partial charge in [-0.15, -0.1) is 0 Å². The molecule has 32 heavy (non-hydrogen) atoms. The van der Waals surface area contributed by atoms with Crippen LogP contribution >= 0.6 is 0 Å². The minimum Gasteiger partial charge on any atom is -0.345 e. The summed E-state index contributed by atoms with van der Waals surface area (Å²) in [5, 5.41) is 5.68. The molecule has 166 valence electrons. The summed E-state index contributed by atoms with van der Waals surface area (Å²) in [6.45, 7) is 1.89. The van der Waals surface area contributed by atoms with Crippen LogP contribution < -0.4 is 10.6 Å². The average molecular weight is 452 g/mol. The van der Waals surface area contributed by atoms with Crippen molar-refractivity contribution in [2.24, 2.45) is 0 Å². The van der Waals surface area contributed by atoms with Crippen molar-refractivity contribution in [3.8, 4) is 0 Å². The van der Waals surface area contributed by atoms with E-state index in [1.807, 2.05) is 37.3 Å². The average Bonchev–Trinajstić information content (AvgIpc) is 2.79. The maximum Gasteiger partial charge on any atom is 0.255 e. The van der Waals surface area contributed by atoms with Gasteiger partial charge in [0.1, 0.15) is 0 Å². The van der Waals surface area contributed by atoms with Gasteiger partial charge < -0.3 is 10.6 Å². The maximum absolute atomic E-state index is 12.9. The van der Waals surface area contributed by atoms with Crippen LogP contribution in [0.15, 0.2) is 83.8 Å². The number of nitrogens with one attached hydrogen (secondary N) is 2. The zero-order chi connectivity index (χ0) is 23.3. The number of rotatable bonds is 7. The molecule has 0 fully saturated rings. The SMILES string of the molecule is C[C@@H](NC(=O)c1ccccc1NC(=O)c1ccc(S(=O)(=O)N(C)C)cc1)c1ccccc1. The van der Waals surface area contributed by atoms with Crippen molar-refractivity contribution in [2.45, 2.75) is 17.9 Å². The second kappa shape index (κ2) is 9.76. The lowest BCUT2D eigenvalue weighted by molar-refractivity contribution is 0.0940. The van der Waals surface area contributed by atoms with Crippen LogP contribution in [-0.2, 0) is 10.0 Å². The highest BCUT2D eigenvalue weighted by molar-refractivity contribution is 7.89. The molecule has 3 aromatic carbocycles. The van der Waals surface area contributed by atoms with Crippen molar-refractivity contribution >= 4 is 27.5 Å². The second-order valence-corrected chi connectivity index (χ2v) is 9.57. The van der Waals surface area contributed by atoms with Gasteiger partial charge in [-0.1, -0.05) is 42.5 Å². The Bertz CT molecular complexity index is 1210. The lowest BCUT2D eigenvalue weighted by Crippen LogP contribution is -2.28. The number of nitrogens with zero attached hydrogens (tertiary/aromatic N) is 1. The van der Waals surface area contributed by atoms with E-state index in [-0.39, 0.29) is 22.4 Å². The lowest BCUT2D eigenvalue weighted by Gasteiger charge is -2.16. The fraction of sp³-hybridized carbons (Fsp3) is 0.167. The normalized spacial score (nSPS) is 12.2. The van der Waals surface area contributed by atoms with Gasteiger partial charge in [-0.05, 0) is 48.9 Å². The quantitative estimate of drug-likeness (QED) is 0.573. The summed E-state index contributed by atoms with van der Waals surface area (Å²) in [6.07, 6.45) is 0. The van der Waals surface area contributed by atoms with Crippen LogP contribution in [0.3, 0.4) is 0 Å². The minimum absolute atomic E-state index is 0.0914. The number of amides is 2. The van der Waals surface area contributed by atoms with Gasteiger partial charge in [0.2, 0.25) is 10.0 Å². The molecule has 0 bridgehead atoms. The Morgan fingerprint density at radius 3 is 2.03 bits per heavy atom. The summed E-state index contributed by atoms with van der Waals surface area (Å²) in [6, 6.07) is 21.7. The fourth-order valence-corrected chi connectivity index (χ4v) is 3.97. The Balaban J connectivity index is 1.76. The summed E-state index contributed by atoms with van der Waals surface area (Å²) in [7, 11) is -0.700. The molecule has 2 amide bonds. The molecule has 0 radical (unpaired) electrons. The molecule has 0 aliphatic heterocycles. The third-order valence-electron chi connectivity index (χ3n) is 4.96. The standard InChI is InChI=1S/C24H25N3O4S/c1-17(18-9-5-4-6-10-18)25-24(29)21-11-7-8-12-22(21)26-23(28)19-13-15-20(16-14-19)32(30,31)27(2)3/h4-17H,1-3H3,(H,25,29)(H,26,28)/t17-/m1/s1. The Kier molecular flexibility index (Phi) is 7.07. The van der Waals surface area contributed by atoms with Gasteiger partial charge in [0.15, 0.2) is 0 Å². The Morgan fingerprint density at radius 1 is 0.812 bits per heavy atom. The topological polar surface area (TPSA) is 95.6 Å². The molecule has 0 saturated heterocycles. The number of benzene rings is 3. The van der Waals surface area contributed by atoms with Gasteiger partial charge in [0, 0.05) is 19.7 Å². The van der Waals surface area contributed by atoms with Crippen LogP contribution in [0.2, 0.25) is 0 Å². The molecule has 7 nitrogen and oxygen atoms in total. The van der Waals surface area contributed by atoms with Crippen LogP contribution in [0, 0.1) is 0 Å². The van der Waals surface area contributed by atoms with Gasteiger partial charge in [0.25, 0.3) is 11.8 Å². The molecule has 8 heteroatoms. The highest BCUT2D eigenvalue weighted by atomic mass is 32.2. The number of anilines is 1. The Labute approximate surface area is 188 Å². The Morgan fingerprint density at radius 2 is 1.41 bits per heavy atom. The van der Waals surface area contributed by atoms with Crippen molar-refractivity contribution in [3.63, 3.8) is 0 Å². The highest BCUT2D eigenvalue weighted by Crippen LogP contribution is 2.20. The molecule has 0 aliphatic rings. The van der Waals surface area contributed by atoms with E-state index in [0.717, 1.165) is 9.87 Å². The van der Waals surface area contributed by atoms with Gasteiger partial charge in [-0.25, -0.2) is 12.7 Å². The third-order valence-corrected chi connectivity index (χ3v) is 6.79. The number of carbonyl (C=O) groups excluding carboxylic acids is 2. The fourth-order valence-electron chi connectivity index (χ4n) is 3.07. The minimum atomic E-state index is -3.58. The molecule has 0 aliphatic carbocycles. The zero-order valence-electron chi connectivity index (χ0n) is 18.1. The van der Waals surface area contributed by atoms with Crippen molar-refractivity contribution in [1.29, 1.82) is 0 Å². The first-order chi connectivity index (χ1) is 15.2. The summed E-state index contributed by atoms with van der Waals surface area (Å²) >= 11 is 0. The van der Waals surface area contributed by atoms with Gasteiger partial charge in [0.05, 0.1) is 22.2 Å². The summed E-state index contributed by atoms with van der Waals surface area (Å²) in [4.78, 5) is 25.7. The first-order valence-electron chi connectivity index (χ1n) is 9.99. The molecule has 0 saturated carbocycles. The number of para-hydroxylation sites is 1. The van der Waals surface area contributed by atoms with Crippen LogP contribution in [0.4, 0.5) is 5.69 Å². The zero-order valence-corrected chi connectivity index (χ0v) is 18.9. The van der Waals surface area contributed by atoms with Crippen molar-refractivity contribution < 1.29 is 18.0 Å².